The highest BCUT2D eigenvalue weighted by molar-refractivity contribution is 6.18. The molecule has 2 heterocycles. The second kappa shape index (κ2) is 5.67. The van der Waals surface area contributed by atoms with Gasteiger partial charge in [-0.15, -0.1) is 0 Å². The Bertz CT molecular complexity index is 894. The monoisotopic (exact) mass is 339 g/mol. The number of para-hydroxylation sites is 1. The molecule has 1 atom stereocenters. The minimum Gasteiger partial charge on any atom is -0.462 e. The number of ether oxygens (including phenoxy) is 2. The molecule has 0 unspecified atom stereocenters. The molecule has 1 aromatic carbocycles. The van der Waals surface area contributed by atoms with Crippen LogP contribution in [0.3, 0.4) is 0 Å². The van der Waals surface area contributed by atoms with Gasteiger partial charge >= 0.3 is 5.97 Å². The van der Waals surface area contributed by atoms with Gasteiger partial charge in [-0.1, -0.05) is 18.2 Å². The summed E-state index contributed by atoms with van der Waals surface area (Å²) in [5, 5.41) is 9.72. The van der Waals surface area contributed by atoms with Gasteiger partial charge in [-0.2, -0.15) is 5.26 Å². The zero-order valence-corrected chi connectivity index (χ0v) is 14.1. The average Bonchev–Trinajstić information content (AvgIpc) is 2.79. The summed E-state index contributed by atoms with van der Waals surface area (Å²) in [6, 6.07) is 8.94. The van der Waals surface area contributed by atoms with E-state index in [-0.39, 0.29) is 29.4 Å². The number of amides is 1. The first-order chi connectivity index (χ1) is 11.9. The van der Waals surface area contributed by atoms with E-state index >= 15 is 0 Å². The number of anilines is 1. The lowest BCUT2D eigenvalue weighted by Gasteiger charge is -2.34. The third-order valence-electron chi connectivity index (χ3n) is 4.50. The molecule has 2 aliphatic heterocycles. The summed E-state index contributed by atoms with van der Waals surface area (Å²) in [6.07, 6.45) is 0. The zero-order valence-electron chi connectivity index (χ0n) is 14.1. The summed E-state index contributed by atoms with van der Waals surface area (Å²) in [5.41, 5.74) is 5.25. The molecule has 0 aliphatic carbocycles. The molecule has 1 aromatic rings. The fourth-order valence-electron chi connectivity index (χ4n) is 3.52. The number of allylic oxidation sites excluding steroid dienone is 1. The quantitative estimate of drug-likeness (QED) is 0.818. The number of nitrogens with zero attached hydrogens (tertiary/aromatic N) is 2. The first-order valence-corrected chi connectivity index (χ1v) is 7.75. The first kappa shape index (κ1) is 16.6. The summed E-state index contributed by atoms with van der Waals surface area (Å²) >= 11 is 0. The number of fused-ring (bicyclic) bond motifs is 2. The van der Waals surface area contributed by atoms with E-state index in [2.05, 4.69) is 0 Å². The Labute approximate surface area is 144 Å². The van der Waals surface area contributed by atoms with E-state index in [9.17, 15) is 14.9 Å². The molecule has 25 heavy (non-hydrogen) atoms. The van der Waals surface area contributed by atoms with Crippen LogP contribution in [-0.2, 0) is 24.5 Å². The maximum absolute atomic E-state index is 13.3. The molecule has 0 fully saturated rings. The van der Waals surface area contributed by atoms with E-state index in [0.717, 1.165) is 0 Å². The number of carbonyl (C=O) groups is 2. The van der Waals surface area contributed by atoms with Gasteiger partial charge in [0.15, 0.2) is 5.41 Å². The van der Waals surface area contributed by atoms with Crippen LogP contribution in [0.1, 0.15) is 19.4 Å². The third kappa shape index (κ3) is 1.97. The summed E-state index contributed by atoms with van der Waals surface area (Å²) < 4.78 is 10.5. The van der Waals surface area contributed by atoms with Crippen LogP contribution >= 0.6 is 0 Å². The highest BCUT2D eigenvalue weighted by Gasteiger charge is 2.61. The van der Waals surface area contributed by atoms with Crippen LogP contribution in [0.5, 0.6) is 0 Å². The first-order valence-electron chi connectivity index (χ1n) is 7.75. The van der Waals surface area contributed by atoms with E-state index in [0.29, 0.717) is 11.3 Å². The van der Waals surface area contributed by atoms with Gasteiger partial charge in [-0.05, 0) is 19.9 Å². The fraction of sp³-hybridized carbons (Fsp3) is 0.278. The van der Waals surface area contributed by atoms with Gasteiger partial charge in [-0.25, -0.2) is 4.79 Å². The molecule has 1 amide bonds. The molecule has 0 radical (unpaired) electrons. The summed E-state index contributed by atoms with van der Waals surface area (Å²) in [6.45, 7) is 3.32. The minimum absolute atomic E-state index is 0.0121. The Balaban J connectivity index is 2.43. The number of carbonyl (C=O) groups excluding carboxylic acids is 2. The van der Waals surface area contributed by atoms with E-state index < -0.39 is 17.3 Å². The van der Waals surface area contributed by atoms with Gasteiger partial charge in [-0.3, -0.25) is 4.79 Å². The lowest BCUT2D eigenvalue weighted by atomic mass is 9.68. The van der Waals surface area contributed by atoms with Crippen molar-refractivity contribution in [2.45, 2.75) is 19.3 Å². The molecule has 0 saturated carbocycles. The van der Waals surface area contributed by atoms with Crippen molar-refractivity contribution in [2.24, 2.45) is 5.73 Å². The van der Waals surface area contributed by atoms with Crippen molar-refractivity contribution in [1.29, 1.82) is 5.26 Å². The third-order valence-corrected chi connectivity index (χ3v) is 4.50. The van der Waals surface area contributed by atoms with E-state index in [1.165, 1.54) is 11.8 Å². The molecule has 128 valence electrons. The van der Waals surface area contributed by atoms with Crippen LogP contribution in [-0.4, -0.2) is 25.5 Å². The largest absolute Gasteiger partial charge is 0.462 e. The van der Waals surface area contributed by atoms with Gasteiger partial charge in [0, 0.05) is 18.3 Å². The zero-order chi connectivity index (χ0) is 18.4. The average molecular weight is 339 g/mol. The van der Waals surface area contributed by atoms with Gasteiger partial charge in [0.05, 0.1) is 6.61 Å². The van der Waals surface area contributed by atoms with Gasteiger partial charge < -0.3 is 20.1 Å². The summed E-state index contributed by atoms with van der Waals surface area (Å²) in [5.74, 6) is -1.20. The highest BCUT2D eigenvalue weighted by Crippen LogP contribution is 2.53. The van der Waals surface area contributed by atoms with Crippen LogP contribution in [0.2, 0.25) is 0 Å². The van der Waals surface area contributed by atoms with E-state index in [1.807, 2.05) is 6.07 Å². The summed E-state index contributed by atoms with van der Waals surface area (Å²) in [7, 11) is 1.59. The number of nitriles is 1. The smallest absolute Gasteiger partial charge is 0.339 e. The van der Waals surface area contributed by atoms with E-state index in [4.69, 9.17) is 15.2 Å². The number of esters is 1. The van der Waals surface area contributed by atoms with Crippen molar-refractivity contribution in [3.63, 3.8) is 0 Å². The van der Waals surface area contributed by atoms with Crippen molar-refractivity contribution in [3.05, 3.63) is 52.6 Å². The normalized spacial score (nSPS) is 22.0. The second-order valence-electron chi connectivity index (χ2n) is 5.74. The molecule has 2 N–H and O–H groups in total. The van der Waals surface area contributed by atoms with Crippen molar-refractivity contribution in [2.75, 3.05) is 18.6 Å². The lowest BCUT2D eigenvalue weighted by molar-refractivity contribution is -0.141. The predicted molar refractivity (Wildman–Crippen MR) is 88.8 cm³/mol. The van der Waals surface area contributed by atoms with Crippen molar-refractivity contribution >= 4 is 17.6 Å². The molecule has 3 rings (SSSR count). The molecule has 2 aliphatic rings. The van der Waals surface area contributed by atoms with E-state index in [1.54, 1.807) is 38.2 Å². The minimum atomic E-state index is -1.65. The number of benzene rings is 1. The SMILES string of the molecule is CCOC(=O)C1=C(C)OC(N)=C(C#N)[C@]12C(=O)N(C)c1ccccc12. The van der Waals surface area contributed by atoms with Crippen LogP contribution in [0.4, 0.5) is 5.69 Å². The van der Waals surface area contributed by atoms with Gasteiger partial charge in [0.1, 0.15) is 23.0 Å². The van der Waals surface area contributed by atoms with Gasteiger partial charge in [0.25, 0.3) is 0 Å². The number of nitrogens with two attached hydrogens (primary N) is 1. The van der Waals surface area contributed by atoms with Crippen LogP contribution in [0.15, 0.2) is 47.1 Å². The highest BCUT2D eigenvalue weighted by atomic mass is 16.5. The van der Waals surface area contributed by atoms with Crippen molar-refractivity contribution in [3.8, 4) is 6.07 Å². The number of hydrogen-bond donors (Lipinski definition) is 1. The Morgan fingerprint density at radius 1 is 1.44 bits per heavy atom. The molecule has 0 aromatic heterocycles. The van der Waals surface area contributed by atoms with Gasteiger partial charge in [0.2, 0.25) is 11.8 Å². The maximum Gasteiger partial charge on any atom is 0.339 e. The van der Waals surface area contributed by atoms with Crippen molar-refractivity contribution in [1.82, 2.24) is 0 Å². The molecular formula is C18H17N3O4. The Kier molecular flexibility index (Phi) is 3.76. The Hall–Kier alpha value is -3.27. The van der Waals surface area contributed by atoms with Crippen LogP contribution in [0, 0.1) is 11.3 Å². The molecule has 1 spiro atoms. The second-order valence-corrected chi connectivity index (χ2v) is 5.74. The number of likely N-dealkylation sites (N-methyl/N-ethyl adjacent to an activating group) is 1. The topological polar surface area (TPSA) is 106 Å². The number of hydrogen-bond acceptors (Lipinski definition) is 6. The molecule has 0 bridgehead atoms. The Morgan fingerprint density at radius 2 is 2.12 bits per heavy atom. The summed E-state index contributed by atoms with van der Waals surface area (Å²) in [4.78, 5) is 27.4. The van der Waals surface area contributed by atoms with Crippen LogP contribution < -0.4 is 10.6 Å². The predicted octanol–water partition coefficient (Wildman–Crippen LogP) is 1.46. The molecule has 0 saturated heterocycles. The fourth-order valence-corrected chi connectivity index (χ4v) is 3.52. The molecule has 7 nitrogen and oxygen atoms in total. The lowest BCUT2D eigenvalue weighted by Crippen LogP contribution is -2.47. The maximum atomic E-state index is 13.3. The Morgan fingerprint density at radius 3 is 2.76 bits per heavy atom. The van der Waals surface area contributed by atoms with Crippen LogP contribution in [0.25, 0.3) is 0 Å². The molecule has 7 heteroatoms. The van der Waals surface area contributed by atoms with Crippen molar-refractivity contribution < 1.29 is 19.1 Å². The standard InChI is InChI=1S/C18H17N3O4/c1-4-24-16(22)14-10(2)25-15(20)12(9-19)18(14)11-7-5-6-8-13(11)21(3)17(18)23/h5-8H,4,20H2,1-3H3/t18-/m0/s1. The molecular weight excluding hydrogens is 322 g/mol. The number of rotatable bonds is 2.